The number of carbonyl (C=O) groups is 1. The third-order valence-corrected chi connectivity index (χ3v) is 8.03. The van der Waals surface area contributed by atoms with E-state index in [2.05, 4.69) is 16.9 Å². The fourth-order valence-corrected chi connectivity index (χ4v) is 5.01. The molecule has 0 unspecified atom stereocenters. The highest BCUT2D eigenvalue weighted by Gasteiger charge is 2.93. The number of rotatable bonds is 13. The number of carbonyl (C=O) groups excluding carboxylic acids is 1. The Morgan fingerprint density at radius 2 is 1.17 bits per heavy atom. The lowest BCUT2D eigenvalue weighted by atomic mass is 9.75. The molecule has 0 amide bonds. The fourth-order valence-electron chi connectivity index (χ4n) is 5.01. The van der Waals surface area contributed by atoms with Crippen LogP contribution in [-0.4, -0.2) is 57.6 Å². The molecule has 1 aromatic carbocycles. The molecule has 1 aliphatic rings. The van der Waals surface area contributed by atoms with Crippen molar-refractivity contribution in [3.63, 3.8) is 0 Å². The molecule has 1 aliphatic carbocycles. The van der Waals surface area contributed by atoms with Crippen LogP contribution in [0.1, 0.15) is 57.4 Å². The third kappa shape index (κ3) is 6.91. The van der Waals surface area contributed by atoms with E-state index < -0.39 is 85.2 Å². The van der Waals surface area contributed by atoms with Crippen LogP contribution < -0.4 is 4.74 Å². The molecule has 0 atom stereocenters. The average molecular weight is 721 g/mol. The zero-order valence-electron chi connectivity index (χ0n) is 24.7. The van der Waals surface area contributed by atoms with E-state index >= 15 is 0 Å². The SMILES string of the molecule is CCCCCc1cnc(-c2ccc(OC(=O)[C@H]3CC[C@H](C(F)(F)C(F)(F)C(F)(F)C(F)(F)C(F)(F)C(F)(F)C(F)(F)F)CC3)cc2)nc1. The van der Waals surface area contributed by atoms with Crippen molar-refractivity contribution in [2.75, 3.05) is 0 Å². The molecule has 1 fully saturated rings. The summed E-state index contributed by atoms with van der Waals surface area (Å²) >= 11 is 0. The molecule has 0 N–H and O–H groups in total. The van der Waals surface area contributed by atoms with E-state index in [1.165, 1.54) is 24.3 Å². The Kier molecular flexibility index (Phi) is 11.1. The summed E-state index contributed by atoms with van der Waals surface area (Å²) in [6, 6.07) is 5.56. The van der Waals surface area contributed by atoms with E-state index in [9.17, 15) is 70.7 Å². The van der Waals surface area contributed by atoms with Gasteiger partial charge in [-0.2, -0.15) is 65.9 Å². The first-order chi connectivity index (χ1) is 21.9. The predicted octanol–water partition coefficient (Wildman–Crippen LogP) is 9.96. The first kappa shape index (κ1) is 39.2. The molecule has 1 aromatic heterocycles. The molecule has 1 heterocycles. The van der Waals surface area contributed by atoms with Crippen LogP contribution >= 0.6 is 0 Å². The van der Waals surface area contributed by atoms with Gasteiger partial charge in [0.15, 0.2) is 5.82 Å². The molecule has 270 valence electrons. The number of aryl methyl sites for hydroxylation is 1. The van der Waals surface area contributed by atoms with Crippen molar-refractivity contribution < 1.29 is 75.4 Å². The average Bonchev–Trinajstić information content (AvgIpc) is 3.01. The van der Waals surface area contributed by atoms with Gasteiger partial charge in [-0.05, 0) is 68.4 Å². The number of hydrogen-bond acceptors (Lipinski definition) is 4. The largest absolute Gasteiger partial charge is 0.460 e. The van der Waals surface area contributed by atoms with Gasteiger partial charge < -0.3 is 4.74 Å². The molecule has 19 heteroatoms. The summed E-state index contributed by atoms with van der Waals surface area (Å²) < 4.78 is 209. The van der Waals surface area contributed by atoms with Crippen LogP contribution in [0.5, 0.6) is 5.75 Å². The van der Waals surface area contributed by atoms with Crippen molar-refractivity contribution in [3.05, 3.63) is 42.2 Å². The molecule has 4 nitrogen and oxygen atoms in total. The van der Waals surface area contributed by atoms with Crippen molar-refractivity contribution in [2.45, 2.75) is 100 Å². The number of hydrogen-bond donors (Lipinski definition) is 0. The van der Waals surface area contributed by atoms with Gasteiger partial charge in [-0.3, -0.25) is 4.79 Å². The van der Waals surface area contributed by atoms with E-state index in [-0.39, 0.29) is 5.75 Å². The summed E-state index contributed by atoms with van der Waals surface area (Å²) in [5.74, 6) is -51.8. The zero-order valence-corrected chi connectivity index (χ0v) is 24.7. The van der Waals surface area contributed by atoms with Gasteiger partial charge in [0, 0.05) is 23.9 Å². The highest BCUT2D eigenvalue weighted by molar-refractivity contribution is 5.75. The maximum Gasteiger partial charge on any atom is 0.460 e. The number of alkyl halides is 15. The van der Waals surface area contributed by atoms with Crippen LogP contribution in [0.15, 0.2) is 36.7 Å². The number of benzene rings is 1. The summed E-state index contributed by atoms with van der Waals surface area (Å²) in [6.07, 6.45) is -4.64. The Morgan fingerprint density at radius 3 is 1.65 bits per heavy atom. The molecule has 0 radical (unpaired) electrons. The second kappa shape index (κ2) is 13.6. The van der Waals surface area contributed by atoms with E-state index in [0.29, 0.717) is 11.4 Å². The van der Waals surface area contributed by atoms with Crippen molar-refractivity contribution >= 4 is 5.97 Å². The molecule has 2 aromatic rings. The van der Waals surface area contributed by atoms with Crippen LogP contribution in [0.3, 0.4) is 0 Å². The van der Waals surface area contributed by atoms with Gasteiger partial charge in [-0.25, -0.2) is 9.97 Å². The van der Waals surface area contributed by atoms with Gasteiger partial charge in [0.05, 0.1) is 5.92 Å². The minimum absolute atomic E-state index is 0.0719. The lowest BCUT2D eigenvalue weighted by Gasteiger charge is -2.44. The first-order valence-electron chi connectivity index (χ1n) is 14.3. The van der Waals surface area contributed by atoms with Crippen LogP contribution in [0.25, 0.3) is 11.4 Å². The van der Waals surface area contributed by atoms with Gasteiger partial charge in [-0.15, -0.1) is 0 Å². The molecule has 3 rings (SSSR count). The Morgan fingerprint density at radius 1 is 0.688 bits per heavy atom. The second-order valence-electron chi connectivity index (χ2n) is 11.4. The molecular weight excluding hydrogens is 693 g/mol. The molecule has 0 aliphatic heterocycles. The number of aromatic nitrogens is 2. The maximum atomic E-state index is 14.6. The minimum atomic E-state index is -8.33. The van der Waals surface area contributed by atoms with E-state index in [4.69, 9.17) is 4.74 Å². The Labute approximate surface area is 263 Å². The highest BCUT2D eigenvalue weighted by atomic mass is 19.4. The first-order valence-corrected chi connectivity index (χ1v) is 14.3. The van der Waals surface area contributed by atoms with Gasteiger partial charge >= 0.3 is 47.7 Å². The van der Waals surface area contributed by atoms with Crippen molar-refractivity contribution in [3.8, 4) is 17.1 Å². The predicted molar refractivity (Wildman–Crippen MR) is 138 cm³/mol. The van der Waals surface area contributed by atoms with E-state index in [1.807, 2.05) is 0 Å². The van der Waals surface area contributed by atoms with Crippen LogP contribution in [0.4, 0.5) is 65.9 Å². The number of esters is 1. The van der Waals surface area contributed by atoms with Crippen LogP contribution in [-0.2, 0) is 11.2 Å². The number of ether oxygens (including phenoxy) is 1. The second-order valence-corrected chi connectivity index (χ2v) is 11.4. The number of unbranched alkanes of at least 4 members (excludes halogenated alkanes) is 2. The maximum absolute atomic E-state index is 14.6. The Bertz CT molecular complexity index is 1390. The minimum Gasteiger partial charge on any atom is -0.426 e. The third-order valence-electron chi connectivity index (χ3n) is 8.03. The molecule has 1 saturated carbocycles. The summed E-state index contributed by atoms with van der Waals surface area (Å²) in [7, 11) is 0. The summed E-state index contributed by atoms with van der Waals surface area (Å²) in [4.78, 5) is 21.1. The van der Waals surface area contributed by atoms with Crippen molar-refractivity contribution in [1.82, 2.24) is 9.97 Å². The fraction of sp³-hybridized carbons (Fsp3) is 0.621. The molecule has 0 bridgehead atoms. The quantitative estimate of drug-likeness (QED) is 0.0895. The summed E-state index contributed by atoms with van der Waals surface area (Å²) in [5.41, 5.74) is 1.44. The summed E-state index contributed by atoms with van der Waals surface area (Å²) in [6.45, 7) is 2.06. The van der Waals surface area contributed by atoms with Crippen molar-refractivity contribution in [2.24, 2.45) is 11.8 Å². The lowest BCUT2D eigenvalue weighted by molar-refractivity contribution is -0.455. The Hall–Kier alpha value is -3.28. The smallest absolute Gasteiger partial charge is 0.426 e. The van der Waals surface area contributed by atoms with Gasteiger partial charge in [0.1, 0.15) is 5.75 Å². The molecule has 0 spiro atoms. The van der Waals surface area contributed by atoms with E-state index in [0.717, 1.165) is 31.2 Å². The normalized spacial score (nSPS) is 18.9. The molecule has 48 heavy (non-hydrogen) atoms. The monoisotopic (exact) mass is 720 g/mol. The highest BCUT2D eigenvalue weighted by Crippen LogP contribution is 2.63. The van der Waals surface area contributed by atoms with Crippen LogP contribution in [0, 0.1) is 11.8 Å². The van der Waals surface area contributed by atoms with Crippen LogP contribution in [0.2, 0.25) is 0 Å². The molecule has 0 saturated heterocycles. The molecular formula is C29H27F15N2O2. The van der Waals surface area contributed by atoms with Crippen molar-refractivity contribution in [1.29, 1.82) is 0 Å². The summed E-state index contributed by atoms with van der Waals surface area (Å²) in [5, 5.41) is 0. The standard InChI is InChI=1S/C29H27F15N2O2/c1-2-3-4-5-16-14-45-21(46-15-16)17-8-12-20(13-9-17)48-22(47)18-6-10-19(11-7-18)23(30,31)24(32,33)25(34,35)26(36,37)27(38,39)28(40,41)29(42,43)44/h8-9,12-15,18-19H,2-7,10-11H2,1H3/t18-,19-. The number of halogens is 15. The number of nitrogens with zero attached hydrogens (tertiary/aromatic N) is 2. The lowest BCUT2D eigenvalue weighted by Crippen LogP contribution is -2.73. The Balaban J connectivity index is 1.66. The van der Waals surface area contributed by atoms with E-state index in [1.54, 1.807) is 12.4 Å². The van der Waals surface area contributed by atoms with Gasteiger partial charge in [-0.1, -0.05) is 19.8 Å². The van der Waals surface area contributed by atoms with Gasteiger partial charge in [0.2, 0.25) is 0 Å². The van der Waals surface area contributed by atoms with Gasteiger partial charge in [0.25, 0.3) is 0 Å². The topological polar surface area (TPSA) is 52.1 Å². The zero-order chi connectivity index (χ0) is 36.6.